The van der Waals surface area contributed by atoms with Crippen LogP contribution in [0.4, 0.5) is 5.95 Å². The molecule has 0 spiro atoms. The van der Waals surface area contributed by atoms with E-state index < -0.39 is 0 Å². The van der Waals surface area contributed by atoms with Crippen LogP contribution in [0.3, 0.4) is 0 Å². The van der Waals surface area contributed by atoms with E-state index in [-0.39, 0.29) is 0 Å². The maximum absolute atomic E-state index is 4.51. The minimum absolute atomic E-state index is 0.604. The number of aromatic nitrogens is 4. The summed E-state index contributed by atoms with van der Waals surface area (Å²) < 4.78 is 0. The van der Waals surface area contributed by atoms with E-state index in [0.717, 1.165) is 40.0 Å². The van der Waals surface area contributed by atoms with Crippen LogP contribution in [-0.4, -0.2) is 46.2 Å². The molecule has 6 heteroatoms. The van der Waals surface area contributed by atoms with Crippen molar-refractivity contribution < 1.29 is 0 Å². The fourth-order valence-electron chi connectivity index (χ4n) is 3.30. The zero-order valence-electron chi connectivity index (χ0n) is 16.8. The van der Waals surface area contributed by atoms with Crippen molar-refractivity contribution >= 4 is 29.0 Å². The molecular formula is C23H24N6. The highest BCUT2D eigenvalue weighted by Crippen LogP contribution is 2.25. The second-order valence-corrected chi connectivity index (χ2v) is 7.20. The lowest BCUT2D eigenvalue weighted by Crippen LogP contribution is -2.10. The number of hydrogen-bond acceptors (Lipinski definition) is 5. The summed E-state index contributed by atoms with van der Waals surface area (Å²) in [7, 11) is 5.97. The molecule has 2 aromatic carbocycles. The van der Waals surface area contributed by atoms with Gasteiger partial charge in [-0.25, -0.2) is 9.97 Å². The van der Waals surface area contributed by atoms with E-state index in [1.165, 1.54) is 5.56 Å². The molecule has 0 aliphatic heterocycles. The molecule has 4 rings (SSSR count). The van der Waals surface area contributed by atoms with Crippen molar-refractivity contribution in [2.45, 2.75) is 6.54 Å². The van der Waals surface area contributed by atoms with E-state index in [2.05, 4.69) is 99.1 Å². The highest BCUT2D eigenvalue weighted by molar-refractivity contribution is 5.91. The Kier molecular flexibility index (Phi) is 5.35. The molecule has 0 bridgehead atoms. The molecule has 0 radical (unpaired) electrons. The van der Waals surface area contributed by atoms with Gasteiger partial charge in [0.1, 0.15) is 0 Å². The van der Waals surface area contributed by atoms with Gasteiger partial charge in [-0.1, -0.05) is 36.4 Å². The predicted molar refractivity (Wildman–Crippen MR) is 119 cm³/mol. The van der Waals surface area contributed by atoms with Gasteiger partial charge < -0.3 is 10.2 Å². The van der Waals surface area contributed by atoms with Gasteiger partial charge in [0, 0.05) is 30.7 Å². The third-order valence-corrected chi connectivity index (χ3v) is 4.65. The van der Waals surface area contributed by atoms with Crippen molar-refractivity contribution in [2.24, 2.45) is 0 Å². The summed E-state index contributed by atoms with van der Waals surface area (Å²) in [4.78, 5) is 10.8. The van der Waals surface area contributed by atoms with E-state index in [4.69, 9.17) is 0 Å². The molecule has 0 saturated carbocycles. The minimum Gasteiger partial charge on any atom is -0.357 e. The average Bonchev–Trinajstić information content (AvgIpc) is 3.14. The quantitative estimate of drug-likeness (QED) is 0.519. The fourth-order valence-corrected chi connectivity index (χ4v) is 3.30. The van der Waals surface area contributed by atoms with Gasteiger partial charge in [0.25, 0.3) is 0 Å². The van der Waals surface area contributed by atoms with Crippen LogP contribution in [-0.2, 0) is 6.54 Å². The van der Waals surface area contributed by atoms with Crippen molar-refractivity contribution in [1.82, 2.24) is 25.1 Å². The van der Waals surface area contributed by atoms with E-state index in [1.807, 2.05) is 13.1 Å². The standard InChI is InChI=1S/C23H24N6/c1-24-23-25-12-11-20(26-23)18-8-9-19-21(27-28-22(19)14-18)10-7-16-5-4-6-17(13-16)15-29(2)3/h4-14H,15H2,1-3H3,(H,27,28)(H,24,25,26). The maximum Gasteiger partial charge on any atom is 0.222 e. The van der Waals surface area contributed by atoms with E-state index in [9.17, 15) is 0 Å². The maximum atomic E-state index is 4.51. The molecule has 0 aliphatic carbocycles. The Balaban J connectivity index is 1.60. The number of hydrogen-bond donors (Lipinski definition) is 2. The molecule has 0 unspecified atom stereocenters. The first-order valence-corrected chi connectivity index (χ1v) is 9.53. The van der Waals surface area contributed by atoms with E-state index in [1.54, 1.807) is 6.20 Å². The molecule has 4 aromatic rings. The number of anilines is 1. The normalized spacial score (nSPS) is 11.6. The van der Waals surface area contributed by atoms with Gasteiger partial charge in [-0.3, -0.25) is 5.10 Å². The van der Waals surface area contributed by atoms with Crippen molar-refractivity contribution in [3.8, 4) is 11.3 Å². The van der Waals surface area contributed by atoms with Crippen LogP contribution >= 0.6 is 0 Å². The summed E-state index contributed by atoms with van der Waals surface area (Å²) >= 11 is 0. The fraction of sp³-hybridized carbons (Fsp3) is 0.174. The Labute approximate surface area is 170 Å². The molecule has 2 aromatic heterocycles. The first kappa shape index (κ1) is 18.8. The number of H-pyrrole nitrogens is 1. The SMILES string of the molecule is CNc1nccc(-c2ccc3c(C=Cc4cccc(CN(C)C)c4)n[nH]c3c2)n1. The molecule has 0 atom stereocenters. The average molecular weight is 384 g/mol. The van der Waals surface area contributed by atoms with Crippen molar-refractivity contribution in [3.05, 3.63) is 71.5 Å². The van der Waals surface area contributed by atoms with Gasteiger partial charge in [0.2, 0.25) is 5.95 Å². The molecule has 2 N–H and O–H groups in total. The van der Waals surface area contributed by atoms with Gasteiger partial charge in [-0.2, -0.15) is 5.10 Å². The number of fused-ring (bicyclic) bond motifs is 1. The molecule has 2 heterocycles. The number of aromatic amines is 1. The minimum atomic E-state index is 0.604. The van der Waals surface area contributed by atoms with Gasteiger partial charge in [-0.15, -0.1) is 0 Å². The molecule has 0 fully saturated rings. The van der Waals surface area contributed by atoms with Gasteiger partial charge >= 0.3 is 0 Å². The van der Waals surface area contributed by atoms with Crippen LogP contribution in [0.1, 0.15) is 16.8 Å². The molecule has 6 nitrogen and oxygen atoms in total. The Morgan fingerprint density at radius 3 is 2.79 bits per heavy atom. The lowest BCUT2D eigenvalue weighted by atomic mass is 10.1. The Hall–Kier alpha value is -3.51. The highest BCUT2D eigenvalue weighted by Gasteiger charge is 2.07. The molecule has 0 amide bonds. The molecular weight excluding hydrogens is 360 g/mol. The number of nitrogens with one attached hydrogen (secondary N) is 2. The second kappa shape index (κ2) is 8.24. The Bertz CT molecular complexity index is 1160. The summed E-state index contributed by atoms with van der Waals surface area (Å²) in [6.45, 7) is 0.925. The first-order valence-electron chi connectivity index (χ1n) is 9.53. The zero-order chi connectivity index (χ0) is 20.2. The Morgan fingerprint density at radius 2 is 1.97 bits per heavy atom. The third-order valence-electron chi connectivity index (χ3n) is 4.65. The van der Waals surface area contributed by atoms with Gasteiger partial charge in [0.15, 0.2) is 0 Å². The van der Waals surface area contributed by atoms with Crippen LogP contribution in [0.5, 0.6) is 0 Å². The van der Waals surface area contributed by atoms with Crippen LogP contribution in [0.2, 0.25) is 0 Å². The number of nitrogens with zero attached hydrogens (tertiary/aromatic N) is 4. The van der Waals surface area contributed by atoms with Crippen molar-refractivity contribution in [1.29, 1.82) is 0 Å². The van der Waals surface area contributed by atoms with Crippen LogP contribution in [0, 0.1) is 0 Å². The summed E-state index contributed by atoms with van der Waals surface area (Å²) in [5.74, 6) is 0.604. The summed E-state index contributed by atoms with van der Waals surface area (Å²) in [6.07, 6.45) is 5.91. The first-order chi connectivity index (χ1) is 14.1. The summed E-state index contributed by atoms with van der Waals surface area (Å²) in [5, 5.41) is 11.7. The third kappa shape index (κ3) is 4.33. The second-order valence-electron chi connectivity index (χ2n) is 7.20. The lowest BCUT2D eigenvalue weighted by Gasteiger charge is -2.09. The monoisotopic (exact) mass is 384 g/mol. The Morgan fingerprint density at radius 1 is 1.07 bits per heavy atom. The molecule has 0 saturated heterocycles. The van der Waals surface area contributed by atoms with Crippen LogP contribution < -0.4 is 5.32 Å². The summed E-state index contributed by atoms with van der Waals surface area (Å²) in [5.41, 5.74) is 6.25. The van der Waals surface area contributed by atoms with Crippen molar-refractivity contribution in [2.75, 3.05) is 26.5 Å². The topological polar surface area (TPSA) is 69.7 Å². The molecule has 29 heavy (non-hydrogen) atoms. The van der Waals surface area contributed by atoms with E-state index >= 15 is 0 Å². The van der Waals surface area contributed by atoms with Crippen molar-refractivity contribution in [3.63, 3.8) is 0 Å². The lowest BCUT2D eigenvalue weighted by molar-refractivity contribution is 0.402. The smallest absolute Gasteiger partial charge is 0.222 e. The molecule has 146 valence electrons. The van der Waals surface area contributed by atoms with Crippen LogP contribution in [0.15, 0.2) is 54.7 Å². The predicted octanol–water partition coefficient (Wildman–Crippen LogP) is 4.29. The largest absolute Gasteiger partial charge is 0.357 e. The highest BCUT2D eigenvalue weighted by atomic mass is 15.1. The zero-order valence-corrected chi connectivity index (χ0v) is 16.8. The number of rotatable bonds is 6. The van der Waals surface area contributed by atoms with E-state index in [0.29, 0.717) is 5.95 Å². The van der Waals surface area contributed by atoms with Gasteiger partial charge in [-0.05, 0) is 49.5 Å². The number of benzene rings is 2. The van der Waals surface area contributed by atoms with Gasteiger partial charge in [0.05, 0.1) is 16.9 Å². The molecule has 0 aliphatic rings. The summed E-state index contributed by atoms with van der Waals surface area (Å²) in [6, 6.07) is 16.7. The van der Waals surface area contributed by atoms with Crippen LogP contribution in [0.25, 0.3) is 34.3 Å².